The molecule has 7 aromatic carbocycles. The van der Waals surface area contributed by atoms with Crippen LogP contribution in [0, 0.1) is 0 Å². The van der Waals surface area contributed by atoms with Gasteiger partial charge in [-0.15, -0.1) is 0 Å². The molecule has 3 nitrogen and oxygen atoms in total. The number of anilines is 3. The third-order valence-electron chi connectivity index (χ3n) is 9.08. The van der Waals surface area contributed by atoms with E-state index in [0.717, 1.165) is 66.8 Å². The third kappa shape index (κ3) is 4.99. The second-order valence-electron chi connectivity index (χ2n) is 12.1. The standard InChI is InChI=1S/C45H30N2O/c1-3-12-31(13-4-1)32-22-24-33(25-23-32)35-18-11-19-38(26-35)47(42-21-10-9-20-40(42)34-14-5-2-6-15-34)39-29-44-45(46-30-39)41-27-36-16-7-8-17-37(36)28-43(41)48-44/h1-30H. The molecule has 0 fully saturated rings. The highest BCUT2D eigenvalue weighted by atomic mass is 16.3. The fraction of sp³-hybridized carbons (Fsp3) is 0. The van der Waals surface area contributed by atoms with Crippen LogP contribution in [0.4, 0.5) is 17.1 Å². The number of benzene rings is 7. The summed E-state index contributed by atoms with van der Waals surface area (Å²) in [4.78, 5) is 7.33. The van der Waals surface area contributed by atoms with E-state index in [1.54, 1.807) is 0 Å². The van der Waals surface area contributed by atoms with E-state index in [0.29, 0.717) is 0 Å². The molecule has 9 aromatic rings. The summed E-state index contributed by atoms with van der Waals surface area (Å²) in [6, 6.07) is 61.9. The average Bonchev–Trinajstić information content (AvgIpc) is 3.51. The van der Waals surface area contributed by atoms with E-state index < -0.39 is 0 Å². The number of nitrogens with zero attached hydrogens (tertiary/aromatic N) is 2. The van der Waals surface area contributed by atoms with Gasteiger partial charge in [-0.2, -0.15) is 0 Å². The Labute approximate surface area is 279 Å². The Morgan fingerprint density at radius 3 is 1.79 bits per heavy atom. The van der Waals surface area contributed by atoms with Crippen LogP contribution in [0.2, 0.25) is 0 Å². The topological polar surface area (TPSA) is 29.3 Å². The molecule has 3 heteroatoms. The number of pyridine rings is 1. The molecule has 0 amide bonds. The Balaban J connectivity index is 1.20. The Morgan fingerprint density at radius 1 is 0.417 bits per heavy atom. The fourth-order valence-electron chi connectivity index (χ4n) is 6.71. The molecule has 226 valence electrons. The van der Waals surface area contributed by atoms with Crippen molar-refractivity contribution in [3.05, 3.63) is 182 Å². The number of furan rings is 1. The smallest absolute Gasteiger partial charge is 0.155 e. The summed E-state index contributed by atoms with van der Waals surface area (Å²) in [6.07, 6.45) is 1.97. The molecule has 0 aliphatic carbocycles. The summed E-state index contributed by atoms with van der Waals surface area (Å²) in [5.41, 5.74) is 12.5. The molecule has 0 atom stereocenters. The lowest BCUT2D eigenvalue weighted by molar-refractivity contribution is 0.668. The van der Waals surface area contributed by atoms with Crippen LogP contribution in [0.15, 0.2) is 187 Å². The largest absolute Gasteiger partial charge is 0.454 e. The predicted octanol–water partition coefficient (Wildman–Crippen LogP) is 12.6. The molecule has 0 spiro atoms. The number of hydrogen-bond acceptors (Lipinski definition) is 3. The van der Waals surface area contributed by atoms with E-state index in [4.69, 9.17) is 9.40 Å². The van der Waals surface area contributed by atoms with Crippen LogP contribution in [-0.2, 0) is 0 Å². The first-order chi connectivity index (χ1) is 23.8. The van der Waals surface area contributed by atoms with Gasteiger partial charge in [-0.25, -0.2) is 4.98 Å². The summed E-state index contributed by atoms with van der Waals surface area (Å²) >= 11 is 0. The van der Waals surface area contributed by atoms with Crippen molar-refractivity contribution in [2.24, 2.45) is 0 Å². The maximum absolute atomic E-state index is 6.49. The average molecular weight is 615 g/mol. The van der Waals surface area contributed by atoms with Gasteiger partial charge in [0.25, 0.3) is 0 Å². The van der Waals surface area contributed by atoms with E-state index in [-0.39, 0.29) is 0 Å². The molecule has 48 heavy (non-hydrogen) atoms. The lowest BCUT2D eigenvalue weighted by Gasteiger charge is -2.28. The van der Waals surface area contributed by atoms with Gasteiger partial charge in [0.15, 0.2) is 5.58 Å². The van der Waals surface area contributed by atoms with Gasteiger partial charge < -0.3 is 9.32 Å². The van der Waals surface area contributed by atoms with E-state index in [9.17, 15) is 0 Å². The van der Waals surface area contributed by atoms with Gasteiger partial charge in [-0.05, 0) is 68.9 Å². The summed E-state index contributed by atoms with van der Waals surface area (Å²) in [7, 11) is 0. The minimum absolute atomic E-state index is 0.757. The first-order valence-corrected chi connectivity index (χ1v) is 16.2. The molecule has 0 saturated carbocycles. The van der Waals surface area contributed by atoms with Gasteiger partial charge in [0.05, 0.1) is 17.6 Å². The molecular formula is C45H30N2O. The van der Waals surface area contributed by atoms with Crippen molar-refractivity contribution in [1.29, 1.82) is 0 Å². The minimum Gasteiger partial charge on any atom is -0.454 e. The Hall–Kier alpha value is -6.45. The Morgan fingerprint density at radius 2 is 1.02 bits per heavy atom. The zero-order chi connectivity index (χ0) is 31.9. The van der Waals surface area contributed by atoms with Gasteiger partial charge in [-0.1, -0.05) is 140 Å². The lowest BCUT2D eigenvalue weighted by atomic mass is 9.99. The summed E-state index contributed by atoms with van der Waals surface area (Å²) in [5.74, 6) is 0. The minimum atomic E-state index is 0.757. The molecule has 0 unspecified atom stereocenters. The van der Waals surface area contributed by atoms with Crippen molar-refractivity contribution in [1.82, 2.24) is 4.98 Å². The molecule has 0 radical (unpaired) electrons. The highest BCUT2D eigenvalue weighted by Gasteiger charge is 2.20. The van der Waals surface area contributed by atoms with E-state index in [1.807, 2.05) is 6.20 Å². The van der Waals surface area contributed by atoms with E-state index >= 15 is 0 Å². The molecule has 0 aliphatic rings. The third-order valence-corrected chi connectivity index (χ3v) is 9.08. The molecule has 0 N–H and O–H groups in total. The number of hydrogen-bond donors (Lipinski definition) is 0. The lowest BCUT2D eigenvalue weighted by Crippen LogP contribution is -2.11. The molecular weight excluding hydrogens is 585 g/mol. The monoisotopic (exact) mass is 614 g/mol. The number of rotatable bonds is 6. The summed E-state index contributed by atoms with van der Waals surface area (Å²) in [6.45, 7) is 0. The Bertz CT molecular complexity index is 2550. The molecule has 0 bridgehead atoms. The zero-order valence-corrected chi connectivity index (χ0v) is 26.1. The molecule has 2 heterocycles. The van der Waals surface area contributed by atoms with Crippen LogP contribution in [0.25, 0.3) is 66.2 Å². The highest BCUT2D eigenvalue weighted by Crippen LogP contribution is 2.43. The van der Waals surface area contributed by atoms with Crippen LogP contribution < -0.4 is 4.90 Å². The van der Waals surface area contributed by atoms with Crippen molar-refractivity contribution in [2.45, 2.75) is 0 Å². The number of fused-ring (bicyclic) bond motifs is 4. The molecule has 9 rings (SSSR count). The summed E-state index contributed by atoms with van der Waals surface area (Å²) in [5, 5.41) is 3.34. The molecule has 0 aliphatic heterocycles. The highest BCUT2D eigenvalue weighted by molar-refractivity contribution is 6.09. The molecule has 2 aromatic heterocycles. The fourth-order valence-corrected chi connectivity index (χ4v) is 6.71. The van der Waals surface area contributed by atoms with Crippen LogP contribution in [0.5, 0.6) is 0 Å². The quantitative estimate of drug-likeness (QED) is 0.187. The zero-order valence-electron chi connectivity index (χ0n) is 26.1. The predicted molar refractivity (Wildman–Crippen MR) is 200 cm³/mol. The summed E-state index contributed by atoms with van der Waals surface area (Å²) < 4.78 is 6.49. The van der Waals surface area contributed by atoms with Gasteiger partial charge >= 0.3 is 0 Å². The first kappa shape index (κ1) is 27.8. The van der Waals surface area contributed by atoms with E-state index in [1.165, 1.54) is 16.5 Å². The van der Waals surface area contributed by atoms with Crippen LogP contribution in [0.1, 0.15) is 0 Å². The Kier molecular flexibility index (Phi) is 6.80. The molecule has 0 saturated heterocycles. The maximum Gasteiger partial charge on any atom is 0.155 e. The number of aromatic nitrogens is 1. The SMILES string of the molecule is c1ccc(-c2ccc(-c3cccc(N(c4cnc5c(c4)oc4cc6ccccc6cc45)c4ccccc4-c4ccccc4)c3)cc2)cc1. The van der Waals surface area contributed by atoms with Crippen molar-refractivity contribution in [3.8, 4) is 33.4 Å². The van der Waals surface area contributed by atoms with Crippen LogP contribution >= 0.6 is 0 Å². The van der Waals surface area contributed by atoms with Gasteiger partial charge in [0, 0.05) is 22.7 Å². The van der Waals surface area contributed by atoms with Gasteiger partial charge in [0.2, 0.25) is 0 Å². The maximum atomic E-state index is 6.49. The van der Waals surface area contributed by atoms with Crippen LogP contribution in [0.3, 0.4) is 0 Å². The van der Waals surface area contributed by atoms with Crippen LogP contribution in [-0.4, -0.2) is 4.98 Å². The van der Waals surface area contributed by atoms with E-state index in [2.05, 4.69) is 181 Å². The van der Waals surface area contributed by atoms with Crippen molar-refractivity contribution in [3.63, 3.8) is 0 Å². The second kappa shape index (κ2) is 11.7. The normalized spacial score (nSPS) is 11.3. The first-order valence-electron chi connectivity index (χ1n) is 16.2. The van der Waals surface area contributed by atoms with Crippen molar-refractivity contribution in [2.75, 3.05) is 4.90 Å². The van der Waals surface area contributed by atoms with Crippen molar-refractivity contribution >= 4 is 49.9 Å². The van der Waals surface area contributed by atoms with Crippen molar-refractivity contribution < 1.29 is 4.42 Å². The second-order valence-corrected chi connectivity index (χ2v) is 12.1. The van der Waals surface area contributed by atoms with Gasteiger partial charge in [0.1, 0.15) is 11.1 Å². The number of para-hydroxylation sites is 1. The van der Waals surface area contributed by atoms with Gasteiger partial charge in [-0.3, -0.25) is 0 Å².